The van der Waals surface area contributed by atoms with Crippen LogP contribution in [-0.2, 0) is 22.6 Å². The molecule has 0 aromatic heterocycles. The van der Waals surface area contributed by atoms with E-state index in [0.29, 0.717) is 5.69 Å². The molecule has 0 N–H and O–H groups in total. The number of anilines is 2. The van der Waals surface area contributed by atoms with E-state index in [4.69, 9.17) is 14.2 Å². The van der Waals surface area contributed by atoms with Crippen LogP contribution < -0.4 is 13.8 Å². The Kier molecular flexibility index (Phi) is 8.54. The number of nitrogens with zero attached hydrogens (tertiary/aromatic N) is 2. The zero-order chi connectivity index (χ0) is 27.9. The fraction of sp³-hybridized carbons (Fsp3) is 0.107. The lowest BCUT2D eigenvalue weighted by Gasteiger charge is -2.28. The SMILES string of the molecule is COC(=O)c1cc(Oc2ccc([N+](=O)[O-])c(OCc3ccccc3)c2)ccc1N(c1ccc(C)cc1)S(=O)[O-]. The first kappa shape index (κ1) is 27.3. The Balaban J connectivity index is 1.67. The van der Waals surface area contributed by atoms with Crippen LogP contribution in [0.2, 0.25) is 0 Å². The maximum absolute atomic E-state index is 12.6. The zero-order valence-corrected chi connectivity index (χ0v) is 21.8. The van der Waals surface area contributed by atoms with Crippen molar-refractivity contribution in [3.8, 4) is 17.2 Å². The van der Waals surface area contributed by atoms with Crippen LogP contribution in [0.5, 0.6) is 17.2 Å². The lowest BCUT2D eigenvalue weighted by atomic mass is 10.1. The molecule has 0 aliphatic heterocycles. The van der Waals surface area contributed by atoms with E-state index in [9.17, 15) is 23.7 Å². The minimum Gasteiger partial charge on any atom is -0.755 e. The van der Waals surface area contributed by atoms with Gasteiger partial charge in [0.05, 0.1) is 40.2 Å². The van der Waals surface area contributed by atoms with E-state index in [1.165, 1.54) is 43.5 Å². The minimum absolute atomic E-state index is 0.00142. The van der Waals surface area contributed by atoms with Crippen molar-refractivity contribution >= 4 is 34.3 Å². The number of ether oxygens (including phenoxy) is 3. The number of hydrogen-bond acceptors (Lipinski definition) is 8. The predicted molar refractivity (Wildman–Crippen MR) is 144 cm³/mol. The van der Waals surface area contributed by atoms with Gasteiger partial charge in [-0.15, -0.1) is 0 Å². The molecule has 1 unspecified atom stereocenters. The highest BCUT2D eigenvalue weighted by Crippen LogP contribution is 2.37. The minimum atomic E-state index is -2.76. The highest BCUT2D eigenvalue weighted by molar-refractivity contribution is 7.81. The molecule has 11 heteroatoms. The van der Waals surface area contributed by atoms with Crippen molar-refractivity contribution in [2.75, 3.05) is 11.4 Å². The number of hydrogen-bond donors (Lipinski definition) is 0. The molecule has 0 bridgehead atoms. The van der Waals surface area contributed by atoms with Crippen molar-refractivity contribution in [1.29, 1.82) is 0 Å². The van der Waals surface area contributed by atoms with Gasteiger partial charge in [-0.1, -0.05) is 48.0 Å². The first-order chi connectivity index (χ1) is 18.8. The summed E-state index contributed by atoms with van der Waals surface area (Å²) in [4.78, 5) is 23.6. The molecule has 0 aliphatic rings. The summed E-state index contributed by atoms with van der Waals surface area (Å²) in [6, 6.07) is 24.1. The number of rotatable bonds is 10. The van der Waals surface area contributed by atoms with Gasteiger partial charge in [-0.05, 0) is 48.9 Å². The van der Waals surface area contributed by atoms with Gasteiger partial charge in [-0.25, -0.2) is 4.79 Å². The number of methoxy groups -OCH3 is 1. The van der Waals surface area contributed by atoms with Crippen LogP contribution in [0, 0.1) is 17.0 Å². The molecular weight excluding hydrogens is 524 g/mol. The van der Waals surface area contributed by atoms with Crippen molar-refractivity contribution in [2.45, 2.75) is 13.5 Å². The van der Waals surface area contributed by atoms with Gasteiger partial charge in [0, 0.05) is 12.1 Å². The summed E-state index contributed by atoms with van der Waals surface area (Å²) in [5, 5.41) is 11.5. The molecular formula is C28H23N2O8S-. The van der Waals surface area contributed by atoms with Crippen LogP contribution in [0.3, 0.4) is 0 Å². The van der Waals surface area contributed by atoms with Gasteiger partial charge in [0.25, 0.3) is 0 Å². The Morgan fingerprint density at radius 2 is 1.62 bits per heavy atom. The second-order valence-corrected chi connectivity index (χ2v) is 9.08. The molecule has 0 saturated heterocycles. The summed E-state index contributed by atoms with van der Waals surface area (Å²) >= 11 is -2.76. The molecule has 39 heavy (non-hydrogen) atoms. The first-order valence-electron chi connectivity index (χ1n) is 11.6. The second kappa shape index (κ2) is 12.2. The molecule has 4 rings (SSSR count). The van der Waals surface area contributed by atoms with Gasteiger partial charge >= 0.3 is 11.7 Å². The van der Waals surface area contributed by atoms with Crippen LogP contribution >= 0.6 is 0 Å². The number of benzene rings is 4. The molecule has 0 saturated carbocycles. The maximum Gasteiger partial charge on any atom is 0.340 e. The molecule has 0 radical (unpaired) electrons. The van der Waals surface area contributed by atoms with E-state index in [-0.39, 0.29) is 40.8 Å². The number of carbonyl (C=O) groups excluding carboxylic acids is 1. The summed E-state index contributed by atoms with van der Waals surface area (Å²) in [5.41, 5.74) is 1.83. The van der Waals surface area contributed by atoms with Crippen molar-refractivity contribution in [3.05, 3.63) is 118 Å². The highest BCUT2D eigenvalue weighted by Gasteiger charge is 2.22. The zero-order valence-electron chi connectivity index (χ0n) is 20.9. The Labute approximate surface area is 226 Å². The normalized spacial score (nSPS) is 11.4. The fourth-order valence-corrected chi connectivity index (χ4v) is 4.32. The Hall–Kier alpha value is -4.74. The molecule has 0 fully saturated rings. The number of nitro benzene ring substituents is 1. The summed E-state index contributed by atoms with van der Waals surface area (Å²) in [7, 11) is 1.18. The fourth-order valence-electron chi connectivity index (χ4n) is 3.71. The van der Waals surface area contributed by atoms with E-state index in [2.05, 4.69) is 0 Å². The monoisotopic (exact) mass is 547 g/mol. The molecule has 4 aromatic carbocycles. The quantitative estimate of drug-likeness (QED) is 0.102. The van der Waals surface area contributed by atoms with Crippen LogP contribution in [0.25, 0.3) is 0 Å². The summed E-state index contributed by atoms with van der Waals surface area (Å²) in [5.74, 6) is -0.412. The van der Waals surface area contributed by atoms with E-state index in [1.807, 2.05) is 37.3 Å². The third-order valence-corrected chi connectivity index (χ3v) is 6.32. The van der Waals surface area contributed by atoms with E-state index >= 15 is 0 Å². The van der Waals surface area contributed by atoms with Crippen molar-refractivity contribution in [2.24, 2.45) is 0 Å². The van der Waals surface area contributed by atoms with Gasteiger partial charge in [0.15, 0.2) is 0 Å². The number of aryl methyl sites for hydroxylation is 1. The molecule has 0 amide bonds. The Morgan fingerprint density at radius 1 is 0.949 bits per heavy atom. The van der Waals surface area contributed by atoms with E-state index < -0.39 is 22.2 Å². The average Bonchev–Trinajstić information content (AvgIpc) is 2.93. The molecule has 10 nitrogen and oxygen atoms in total. The molecule has 4 aromatic rings. The van der Waals surface area contributed by atoms with Crippen LogP contribution in [-0.4, -0.2) is 26.8 Å². The molecule has 0 heterocycles. The molecule has 0 aliphatic carbocycles. The van der Waals surface area contributed by atoms with Crippen molar-refractivity contribution < 1.29 is 32.7 Å². The van der Waals surface area contributed by atoms with Crippen LogP contribution in [0.1, 0.15) is 21.5 Å². The molecule has 200 valence electrons. The van der Waals surface area contributed by atoms with Gasteiger partial charge in [-0.2, -0.15) is 0 Å². The van der Waals surface area contributed by atoms with Gasteiger partial charge in [-0.3, -0.25) is 18.6 Å². The lowest BCUT2D eigenvalue weighted by molar-refractivity contribution is -0.386. The topological polar surface area (TPSA) is 131 Å². The van der Waals surface area contributed by atoms with Gasteiger partial charge < -0.3 is 18.8 Å². The molecule has 1 atom stereocenters. The maximum atomic E-state index is 12.6. The molecule has 0 spiro atoms. The largest absolute Gasteiger partial charge is 0.755 e. The van der Waals surface area contributed by atoms with Crippen molar-refractivity contribution in [3.63, 3.8) is 0 Å². The van der Waals surface area contributed by atoms with Gasteiger partial charge in [0.1, 0.15) is 18.1 Å². The number of esters is 1. The van der Waals surface area contributed by atoms with Crippen LogP contribution in [0.15, 0.2) is 91.0 Å². The Morgan fingerprint density at radius 3 is 2.26 bits per heavy atom. The predicted octanol–water partition coefficient (Wildman–Crippen LogP) is 5.99. The highest BCUT2D eigenvalue weighted by atomic mass is 32.2. The van der Waals surface area contributed by atoms with E-state index in [1.54, 1.807) is 24.3 Å². The third-order valence-electron chi connectivity index (χ3n) is 5.61. The first-order valence-corrected chi connectivity index (χ1v) is 12.6. The van der Waals surface area contributed by atoms with Crippen LogP contribution in [0.4, 0.5) is 17.1 Å². The summed E-state index contributed by atoms with van der Waals surface area (Å²) in [6.07, 6.45) is 0. The third kappa shape index (κ3) is 6.58. The Bertz CT molecular complexity index is 1510. The van der Waals surface area contributed by atoms with Gasteiger partial charge in [0.2, 0.25) is 5.75 Å². The van der Waals surface area contributed by atoms with Crippen molar-refractivity contribution in [1.82, 2.24) is 0 Å². The summed E-state index contributed by atoms with van der Waals surface area (Å²) < 4.78 is 41.8. The smallest absolute Gasteiger partial charge is 0.340 e. The van der Waals surface area contributed by atoms with E-state index in [0.717, 1.165) is 15.4 Å². The number of nitro groups is 1. The summed E-state index contributed by atoms with van der Waals surface area (Å²) in [6.45, 7) is 1.97. The lowest BCUT2D eigenvalue weighted by Crippen LogP contribution is -2.22. The number of carbonyl (C=O) groups is 1. The average molecular weight is 548 g/mol. The second-order valence-electron chi connectivity index (χ2n) is 8.28. The standard InChI is InChI=1S/C28H24N2O8S/c1-19-8-10-21(11-9-19)29(39(34)35)25-14-12-22(16-24(25)28(31)36-2)38-23-13-15-26(30(32)33)27(17-23)37-18-20-6-4-3-5-7-20/h3-17H,18H2,1-2H3,(H,34,35)/p-1.